The molecule has 7 nitrogen and oxygen atoms in total. The zero-order valence-electron chi connectivity index (χ0n) is 13.7. The van der Waals surface area contributed by atoms with Crippen LogP contribution in [0.2, 0.25) is 0 Å². The Labute approximate surface area is 144 Å². The Bertz CT molecular complexity index is 865. The van der Waals surface area contributed by atoms with Gasteiger partial charge in [-0.3, -0.25) is 9.59 Å². The van der Waals surface area contributed by atoms with Gasteiger partial charge < -0.3 is 19.6 Å². The van der Waals surface area contributed by atoms with E-state index in [-0.39, 0.29) is 11.6 Å². The van der Waals surface area contributed by atoms with Crippen LogP contribution in [0.25, 0.3) is 0 Å². The molecule has 0 saturated heterocycles. The molecule has 3 rings (SSSR count). The van der Waals surface area contributed by atoms with Gasteiger partial charge in [-0.25, -0.2) is 4.57 Å². The molecule has 2 aromatic rings. The third kappa shape index (κ3) is 4.41. The van der Waals surface area contributed by atoms with Crippen LogP contribution in [0.15, 0.2) is 42.5 Å². The van der Waals surface area contributed by atoms with Crippen molar-refractivity contribution in [3.05, 3.63) is 64.7 Å². The summed E-state index contributed by atoms with van der Waals surface area (Å²) in [5.74, 6) is -0.137. The molecule has 0 unspecified atom stereocenters. The lowest BCUT2D eigenvalue weighted by Crippen LogP contribution is -2.22. The van der Waals surface area contributed by atoms with E-state index in [0.717, 1.165) is 12.2 Å². The summed E-state index contributed by atoms with van der Waals surface area (Å²) < 4.78 is 8.88. The predicted octanol–water partition coefficient (Wildman–Crippen LogP) is 1.99. The van der Waals surface area contributed by atoms with Crippen LogP contribution >= 0.6 is 7.82 Å². The first-order valence-electron chi connectivity index (χ1n) is 7.45. The number of hydrogen-bond acceptors (Lipinski definition) is 4. The predicted molar refractivity (Wildman–Crippen MR) is 93.0 cm³/mol. The molecule has 1 aliphatic carbocycles. The number of carbonyl (C=O) groups excluding carboxylic acids is 2. The van der Waals surface area contributed by atoms with E-state index in [2.05, 4.69) is 0 Å². The molecule has 0 atom stereocenters. The van der Waals surface area contributed by atoms with E-state index in [1.807, 2.05) is 31.0 Å². The van der Waals surface area contributed by atoms with E-state index in [1.165, 1.54) is 0 Å². The minimum atomic E-state index is -4.64. The minimum absolute atomic E-state index is 0.0680. The van der Waals surface area contributed by atoms with Crippen molar-refractivity contribution in [2.45, 2.75) is 6.92 Å². The highest BCUT2D eigenvalue weighted by atomic mass is 31.2. The molecule has 25 heavy (non-hydrogen) atoms. The van der Waals surface area contributed by atoms with Crippen LogP contribution < -0.4 is 4.90 Å². The summed E-state index contributed by atoms with van der Waals surface area (Å²) in [4.78, 5) is 48.6. The molecule has 0 amide bonds. The summed E-state index contributed by atoms with van der Waals surface area (Å²) in [6.45, 7) is 2.89. The van der Waals surface area contributed by atoms with Gasteiger partial charge in [0.2, 0.25) is 0 Å². The fourth-order valence-electron chi connectivity index (χ4n) is 2.51. The number of benzene rings is 2. The van der Waals surface area contributed by atoms with Gasteiger partial charge in [-0.2, -0.15) is 0 Å². The average molecular weight is 363 g/mol. The molecule has 0 spiro atoms. The second-order valence-corrected chi connectivity index (χ2v) is 6.49. The Hall–Kier alpha value is -2.31. The van der Waals surface area contributed by atoms with Crippen LogP contribution in [0.5, 0.6) is 0 Å². The Morgan fingerprint density at radius 2 is 1.32 bits per heavy atom. The van der Waals surface area contributed by atoms with Gasteiger partial charge in [0, 0.05) is 41.5 Å². The molecule has 3 N–H and O–H groups in total. The summed E-state index contributed by atoms with van der Waals surface area (Å²) >= 11 is 0. The van der Waals surface area contributed by atoms with Crippen molar-refractivity contribution in [2.75, 3.05) is 18.5 Å². The lowest BCUT2D eigenvalue weighted by molar-refractivity contribution is 0.0979. The van der Waals surface area contributed by atoms with Crippen LogP contribution in [0, 0.1) is 0 Å². The van der Waals surface area contributed by atoms with Gasteiger partial charge >= 0.3 is 7.82 Å². The van der Waals surface area contributed by atoms with Crippen molar-refractivity contribution in [1.29, 1.82) is 0 Å². The maximum Gasteiger partial charge on any atom is 0.466 e. The van der Waals surface area contributed by atoms with Crippen molar-refractivity contribution >= 4 is 25.1 Å². The number of hydrogen-bond donors (Lipinski definition) is 3. The first-order valence-corrected chi connectivity index (χ1v) is 9.02. The number of rotatable bonds is 2. The molecule has 132 valence electrons. The van der Waals surface area contributed by atoms with Crippen LogP contribution in [0.1, 0.15) is 38.8 Å². The van der Waals surface area contributed by atoms with Gasteiger partial charge in [-0.05, 0) is 25.1 Å². The second-order valence-electron chi connectivity index (χ2n) is 5.46. The monoisotopic (exact) mass is 363 g/mol. The molecule has 0 radical (unpaired) electrons. The molecule has 0 aliphatic heterocycles. The van der Waals surface area contributed by atoms with Gasteiger partial charge in [0.05, 0.1) is 0 Å². The quantitative estimate of drug-likeness (QED) is 0.596. The van der Waals surface area contributed by atoms with Crippen LogP contribution in [0.3, 0.4) is 0 Å². The summed E-state index contributed by atoms with van der Waals surface area (Å²) in [7, 11) is -2.68. The summed E-state index contributed by atoms with van der Waals surface area (Å²) in [5, 5.41) is 0. The molecule has 0 fully saturated rings. The van der Waals surface area contributed by atoms with Crippen molar-refractivity contribution < 1.29 is 28.8 Å². The third-order valence-corrected chi connectivity index (χ3v) is 3.82. The molecule has 8 heteroatoms. The van der Waals surface area contributed by atoms with Crippen molar-refractivity contribution in [3.63, 3.8) is 0 Å². The number of anilines is 1. The number of carbonyl (C=O) groups is 2. The maximum absolute atomic E-state index is 12.5. The SMILES string of the molecule is CCN(C)c1ccc2c(c1)C(=O)c1ccccc1C2=O.O=P(O)(O)O. The van der Waals surface area contributed by atoms with Gasteiger partial charge in [0.1, 0.15) is 0 Å². The summed E-state index contributed by atoms with van der Waals surface area (Å²) in [6.07, 6.45) is 0. The van der Waals surface area contributed by atoms with Crippen molar-refractivity contribution in [3.8, 4) is 0 Å². The Morgan fingerprint density at radius 1 is 0.880 bits per heavy atom. The lowest BCUT2D eigenvalue weighted by atomic mass is 9.84. The first-order chi connectivity index (χ1) is 11.6. The molecule has 2 aromatic carbocycles. The Kier molecular flexibility index (Phi) is 5.55. The van der Waals surface area contributed by atoms with Crippen molar-refractivity contribution in [1.82, 2.24) is 0 Å². The summed E-state index contributed by atoms with van der Waals surface area (Å²) in [6, 6.07) is 12.5. The normalized spacial score (nSPS) is 12.7. The lowest BCUT2D eigenvalue weighted by Gasteiger charge is -2.21. The highest BCUT2D eigenvalue weighted by molar-refractivity contribution is 7.45. The number of fused-ring (bicyclic) bond motifs is 2. The van der Waals surface area contributed by atoms with E-state index >= 15 is 0 Å². The van der Waals surface area contributed by atoms with E-state index in [4.69, 9.17) is 19.2 Å². The molecule has 0 heterocycles. The summed E-state index contributed by atoms with van der Waals surface area (Å²) in [5.41, 5.74) is 2.96. The molecule has 0 saturated carbocycles. The smallest absolute Gasteiger partial charge is 0.375 e. The van der Waals surface area contributed by atoms with Crippen LogP contribution in [0.4, 0.5) is 5.69 Å². The zero-order valence-corrected chi connectivity index (χ0v) is 14.6. The maximum atomic E-state index is 12.5. The Balaban J connectivity index is 0.000000399. The topological polar surface area (TPSA) is 115 Å². The Morgan fingerprint density at radius 3 is 1.80 bits per heavy atom. The van der Waals surface area contributed by atoms with Gasteiger partial charge in [0.15, 0.2) is 11.6 Å². The number of ketones is 2. The van der Waals surface area contributed by atoms with E-state index in [9.17, 15) is 9.59 Å². The highest BCUT2D eigenvalue weighted by Crippen LogP contribution is 2.29. The van der Waals surface area contributed by atoms with Gasteiger partial charge in [-0.1, -0.05) is 24.3 Å². The molecule has 0 bridgehead atoms. The fraction of sp³-hybridized carbons (Fsp3) is 0.176. The van der Waals surface area contributed by atoms with E-state index in [1.54, 1.807) is 30.3 Å². The zero-order chi connectivity index (χ0) is 18.8. The van der Waals surface area contributed by atoms with Gasteiger partial charge in [-0.15, -0.1) is 0 Å². The standard InChI is InChI=1S/C17H15NO2.H3O4P/c1-3-18(2)11-8-9-14-15(10-11)17(20)13-7-5-4-6-12(13)16(14)19;1-5(2,3)4/h4-10H,3H2,1-2H3;(H3,1,2,3,4). The number of nitrogens with zero attached hydrogens (tertiary/aromatic N) is 1. The highest BCUT2D eigenvalue weighted by Gasteiger charge is 2.29. The van der Waals surface area contributed by atoms with Crippen LogP contribution in [-0.2, 0) is 4.57 Å². The van der Waals surface area contributed by atoms with Crippen molar-refractivity contribution in [2.24, 2.45) is 0 Å². The number of phosphoric acid groups is 1. The molecule has 0 aromatic heterocycles. The molecule has 1 aliphatic rings. The van der Waals surface area contributed by atoms with Gasteiger partial charge in [0.25, 0.3) is 0 Å². The average Bonchev–Trinajstić information content (AvgIpc) is 2.57. The van der Waals surface area contributed by atoms with Crippen LogP contribution in [-0.4, -0.2) is 39.8 Å². The fourth-order valence-corrected chi connectivity index (χ4v) is 2.51. The first kappa shape index (κ1) is 19.0. The van der Waals surface area contributed by atoms with E-state index in [0.29, 0.717) is 22.3 Å². The second kappa shape index (κ2) is 7.29. The van der Waals surface area contributed by atoms with E-state index < -0.39 is 7.82 Å². The molecular weight excluding hydrogens is 345 g/mol. The largest absolute Gasteiger partial charge is 0.466 e. The molecular formula is C17H18NO6P. The third-order valence-electron chi connectivity index (χ3n) is 3.82. The minimum Gasteiger partial charge on any atom is -0.375 e.